The summed E-state index contributed by atoms with van der Waals surface area (Å²) >= 11 is 5.93. The molecule has 0 unspecified atom stereocenters. The fourth-order valence-corrected chi connectivity index (χ4v) is 2.70. The van der Waals surface area contributed by atoms with E-state index in [0.717, 1.165) is 5.33 Å². The van der Waals surface area contributed by atoms with E-state index in [-0.39, 0.29) is 0 Å². The molecule has 0 radical (unpaired) electrons. The van der Waals surface area contributed by atoms with E-state index in [1.165, 1.54) is 22.0 Å². The third-order valence-corrected chi connectivity index (χ3v) is 4.36. The summed E-state index contributed by atoms with van der Waals surface area (Å²) in [7, 11) is 0. The van der Waals surface area contributed by atoms with Crippen LogP contribution in [0.25, 0.3) is 0 Å². The van der Waals surface area contributed by atoms with Gasteiger partial charge in [-0.05, 0) is 53.1 Å². The average Bonchev–Trinajstić information content (AvgIpc) is 2.86. The molecule has 0 amide bonds. The molecule has 1 aromatic rings. The summed E-state index contributed by atoms with van der Waals surface area (Å²) in [5.41, 5.74) is 1.99. The zero-order chi connectivity index (χ0) is 8.60. The molecule has 2 rings (SSSR count). The fourth-order valence-electron chi connectivity index (χ4n) is 1.45. The van der Waals surface area contributed by atoms with Gasteiger partial charge in [0.1, 0.15) is 0 Å². The first kappa shape index (κ1) is 9.00. The molecule has 0 heterocycles. The van der Waals surface area contributed by atoms with Crippen molar-refractivity contribution in [3.05, 3.63) is 33.4 Å². The van der Waals surface area contributed by atoms with Crippen molar-refractivity contribution in [1.29, 1.82) is 0 Å². The first-order valence-corrected chi connectivity index (χ1v) is 6.29. The van der Waals surface area contributed by atoms with Gasteiger partial charge in [0.15, 0.2) is 0 Å². The van der Waals surface area contributed by atoms with Gasteiger partial charge in [-0.25, -0.2) is 0 Å². The fraction of sp³-hybridized carbons (Fsp3) is 0.400. The van der Waals surface area contributed by atoms with Crippen molar-refractivity contribution in [2.24, 2.45) is 0 Å². The third kappa shape index (κ3) is 1.55. The van der Waals surface area contributed by atoms with Crippen LogP contribution in [0.3, 0.4) is 0 Å². The highest BCUT2D eigenvalue weighted by molar-refractivity contribution is 14.1. The van der Waals surface area contributed by atoms with Crippen molar-refractivity contribution in [1.82, 2.24) is 0 Å². The van der Waals surface area contributed by atoms with Gasteiger partial charge < -0.3 is 0 Å². The maximum atomic E-state index is 3.59. The molecule has 0 saturated heterocycles. The molecule has 0 nitrogen and oxygen atoms in total. The molecule has 1 aromatic carbocycles. The van der Waals surface area contributed by atoms with Gasteiger partial charge >= 0.3 is 0 Å². The lowest BCUT2D eigenvalue weighted by Gasteiger charge is -2.11. The molecule has 1 saturated carbocycles. The van der Waals surface area contributed by atoms with E-state index in [1.54, 1.807) is 0 Å². The lowest BCUT2D eigenvalue weighted by molar-refractivity contribution is 0.809. The minimum absolute atomic E-state index is 0.490. The van der Waals surface area contributed by atoms with E-state index in [4.69, 9.17) is 0 Å². The van der Waals surface area contributed by atoms with E-state index in [2.05, 4.69) is 62.8 Å². The Bertz CT molecular complexity index is 274. The summed E-state index contributed by atoms with van der Waals surface area (Å²) in [5, 5.41) is 1.11. The molecule has 0 bridgehead atoms. The first-order chi connectivity index (χ1) is 5.77. The van der Waals surface area contributed by atoms with Crippen LogP contribution in [-0.2, 0) is 5.41 Å². The second kappa shape index (κ2) is 3.29. The Morgan fingerprint density at radius 1 is 1.25 bits per heavy atom. The Hall–Kier alpha value is 0.430. The monoisotopic (exact) mass is 336 g/mol. The van der Waals surface area contributed by atoms with E-state index in [0.29, 0.717) is 5.41 Å². The first-order valence-electron chi connectivity index (χ1n) is 4.09. The van der Waals surface area contributed by atoms with Crippen molar-refractivity contribution >= 4 is 38.5 Å². The molecule has 1 aliphatic carbocycles. The van der Waals surface area contributed by atoms with Crippen LogP contribution in [0.4, 0.5) is 0 Å². The Morgan fingerprint density at radius 3 is 2.25 bits per heavy atom. The van der Waals surface area contributed by atoms with Gasteiger partial charge in [-0.1, -0.05) is 28.1 Å². The van der Waals surface area contributed by atoms with Crippen molar-refractivity contribution < 1.29 is 0 Å². The molecule has 2 heteroatoms. The summed E-state index contributed by atoms with van der Waals surface area (Å²) in [5.74, 6) is 0. The Balaban J connectivity index is 2.29. The van der Waals surface area contributed by atoms with Gasteiger partial charge in [-0.2, -0.15) is 0 Å². The molecular weight excluding hydrogens is 327 g/mol. The topological polar surface area (TPSA) is 0 Å². The van der Waals surface area contributed by atoms with E-state index in [1.807, 2.05) is 0 Å². The van der Waals surface area contributed by atoms with Gasteiger partial charge in [0.05, 0.1) is 0 Å². The Morgan fingerprint density at radius 2 is 1.83 bits per heavy atom. The van der Waals surface area contributed by atoms with Crippen molar-refractivity contribution in [2.45, 2.75) is 18.3 Å². The predicted octanol–water partition coefficient (Wildman–Crippen LogP) is 3.72. The molecule has 0 spiro atoms. The lowest BCUT2D eigenvalue weighted by Crippen LogP contribution is -2.07. The molecular formula is C10H10BrI. The van der Waals surface area contributed by atoms with Crippen LogP contribution in [0, 0.1) is 3.57 Å². The van der Waals surface area contributed by atoms with Crippen LogP contribution < -0.4 is 0 Å². The zero-order valence-electron chi connectivity index (χ0n) is 6.69. The Kier molecular flexibility index (Phi) is 2.47. The third-order valence-electron chi connectivity index (χ3n) is 2.57. The van der Waals surface area contributed by atoms with Gasteiger partial charge in [-0.3, -0.25) is 0 Å². The van der Waals surface area contributed by atoms with Gasteiger partial charge in [0.2, 0.25) is 0 Å². The van der Waals surface area contributed by atoms with Crippen LogP contribution in [0.5, 0.6) is 0 Å². The quantitative estimate of drug-likeness (QED) is 0.570. The number of hydrogen-bond acceptors (Lipinski definition) is 0. The van der Waals surface area contributed by atoms with Gasteiger partial charge in [-0.15, -0.1) is 0 Å². The van der Waals surface area contributed by atoms with Crippen LogP contribution in [-0.4, -0.2) is 5.33 Å². The predicted molar refractivity (Wildman–Crippen MR) is 63.9 cm³/mol. The molecule has 0 atom stereocenters. The standard InChI is InChI=1S/C10H10BrI/c11-7-10(5-6-10)8-1-3-9(12)4-2-8/h1-4H,5-7H2. The molecule has 0 aliphatic heterocycles. The second-order valence-corrected chi connectivity index (χ2v) is 5.23. The minimum Gasteiger partial charge on any atom is -0.0918 e. The summed E-state index contributed by atoms with van der Waals surface area (Å²) in [6.07, 6.45) is 2.69. The van der Waals surface area contributed by atoms with Crippen LogP contribution in [0.15, 0.2) is 24.3 Å². The highest BCUT2D eigenvalue weighted by atomic mass is 127. The highest BCUT2D eigenvalue weighted by Crippen LogP contribution is 2.49. The summed E-state index contributed by atoms with van der Waals surface area (Å²) in [6.45, 7) is 0. The van der Waals surface area contributed by atoms with Crippen LogP contribution >= 0.6 is 38.5 Å². The van der Waals surface area contributed by atoms with Crippen molar-refractivity contribution in [3.8, 4) is 0 Å². The van der Waals surface area contributed by atoms with Crippen molar-refractivity contribution in [2.75, 3.05) is 5.33 Å². The Labute approximate surface area is 95.0 Å². The maximum Gasteiger partial charge on any atom is 0.0130 e. The molecule has 1 fully saturated rings. The number of rotatable bonds is 2. The second-order valence-electron chi connectivity index (χ2n) is 3.42. The summed E-state index contributed by atoms with van der Waals surface area (Å²) in [4.78, 5) is 0. The minimum atomic E-state index is 0.490. The summed E-state index contributed by atoms with van der Waals surface area (Å²) < 4.78 is 1.32. The average molecular weight is 337 g/mol. The molecule has 12 heavy (non-hydrogen) atoms. The highest BCUT2D eigenvalue weighted by Gasteiger charge is 2.42. The lowest BCUT2D eigenvalue weighted by atomic mass is 9.99. The van der Waals surface area contributed by atoms with Gasteiger partial charge in [0, 0.05) is 14.3 Å². The number of benzene rings is 1. The van der Waals surface area contributed by atoms with E-state index < -0.39 is 0 Å². The van der Waals surface area contributed by atoms with Gasteiger partial charge in [0.25, 0.3) is 0 Å². The van der Waals surface area contributed by atoms with E-state index in [9.17, 15) is 0 Å². The number of halogens is 2. The van der Waals surface area contributed by atoms with E-state index >= 15 is 0 Å². The smallest absolute Gasteiger partial charge is 0.0130 e. The molecule has 1 aliphatic rings. The normalized spacial score (nSPS) is 19.2. The SMILES string of the molecule is BrCC1(c2ccc(I)cc2)CC1. The summed E-state index contributed by atoms with van der Waals surface area (Å²) in [6, 6.07) is 8.91. The number of hydrogen-bond donors (Lipinski definition) is 0. The number of alkyl halides is 1. The molecule has 0 N–H and O–H groups in total. The molecule has 64 valence electrons. The zero-order valence-corrected chi connectivity index (χ0v) is 10.4. The van der Waals surface area contributed by atoms with Crippen molar-refractivity contribution in [3.63, 3.8) is 0 Å². The maximum absolute atomic E-state index is 3.59. The van der Waals surface area contributed by atoms with Crippen LogP contribution in [0.2, 0.25) is 0 Å². The largest absolute Gasteiger partial charge is 0.0918 e. The van der Waals surface area contributed by atoms with Crippen LogP contribution in [0.1, 0.15) is 18.4 Å². The molecule has 0 aromatic heterocycles.